The van der Waals surface area contributed by atoms with Crippen LogP contribution in [0.3, 0.4) is 0 Å². The monoisotopic (exact) mass is 504 g/mol. The minimum Gasteiger partial charge on any atom is -1.00 e. The number of hydrogen-bond acceptors (Lipinski definition) is 2. The molecule has 0 unspecified atom stereocenters. The van der Waals surface area contributed by atoms with E-state index in [9.17, 15) is 9.59 Å². The molecule has 0 fully saturated rings. The van der Waals surface area contributed by atoms with Crippen molar-refractivity contribution >= 4 is 34.5 Å². The van der Waals surface area contributed by atoms with Gasteiger partial charge in [0.2, 0.25) is 3.70 Å². The maximum absolute atomic E-state index is 11.8. The molecule has 1 aromatic rings. The van der Waals surface area contributed by atoms with Crippen molar-refractivity contribution in [3.05, 3.63) is 27.6 Å². The fraction of sp³-hybridized carbons (Fsp3) is 0.462. The lowest BCUT2D eigenvalue weighted by Gasteiger charge is -2.04. The predicted molar refractivity (Wildman–Crippen MR) is 78.8 cm³/mol. The van der Waals surface area contributed by atoms with Crippen LogP contribution in [0, 0.1) is 3.70 Å². The Morgan fingerprint density at radius 3 is 2.60 bits per heavy atom. The number of carbonyl (C=O) groups is 2. The summed E-state index contributed by atoms with van der Waals surface area (Å²) in [5, 5.41) is 11.3. The number of hydrogen-bond donors (Lipinski definition) is 2. The average Bonchev–Trinajstić information content (AvgIpc) is 2.36. The Hall–Kier alpha value is -0.450. The Bertz CT molecular complexity index is 467. The summed E-state index contributed by atoms with van der Waals surface area (Å²) in [6.45, 7) is 0.578. The number of aromatic nitrogens is 1. The van der Waals surface area contributed by atoms with E-state index in [-0.39, 0.29) is 36.3 Å². The summed E-state index contributed by atoms with van der Waals surface area (Å²) in [6.07, 6.45) is 4.26. The summed E-state index contributed by atoms with van der Waals surface area (Å²) in [5.41, 5.74) is 0.633. The zero-order chi connectivity index (χ0) is 14.3. The molecule has 0 aliphatic carbocycles. The number of carboxylic acids is 1. The molecule has 1 amide bonds. The highest BCUT2D eigenvalue weighted by Crippen LogP contribution is 2.02. The molecule has 2 N–H and O–H groups in total. The maximum Gasteiger partial charge on any atom is 0.303 e. The summed E-state index contributed by atoms with van der Waals surface area (Å²) in [6, 6.07) is 3.68. The molecular formula is C13H18I2N2O3. The number of amides is 1. The van der Waals surface area contributed by atoms with E-state index in [1.807, 2.05) is 17.7 Å². The molecule has 1 aromatic heterocycles. The summed E-state index contributed by atoms with van der Waals surface area (Å²) in [7, 11) is 1.89. The number of nitrogens with zero attached hydrogens (tertiary/aromatic N) is 1. The molecule has 0 bridgehead atoms. The van der Waals surface area contributed by atoms with E-state index in [1.54, 1.807) is 12.3 Å². The topological polar surface area (TPSA) is 70.3 Å². The van der Waals surface area contributed by atoms with Gasteiger partial charge in [-0.3, -0.25) is 9.59 Å². The number of halogens is 2. The van der Waals surface area contributed by atoms with Gasteiger partial charge in [-0.1, -0.05) is 6.42 Å². The Kier molecular flexibility index (Phi) is 10.1. The van der Waals surface area contributed by atoms with E-state index in [2.05, 4.69) is 27.9 Å². The van der Waals surface area contributed by atoms with Crippen molar-refractivity contribution in [2.75, 3.05) is 6.54 Å². The van der Waals surface area contributed by atoms with E-state index in [4.69, 9.17) is 5.11 Å². The normalized spacial score (nSPS) is 9.70. The van der Waals surface area contributed by atoms with E-state index >= 15 is 0 Å². The Balaban J connectivity index is 0.00000361. The highest BCUT2D eigenvalue weighted by atomic mass is 127. The van der Waals surface area contributed by atoms with E-state index in [0.29, 0.717) is 18.5 Å². The maximum atomic E-state index is 11.8. The zero-order valence-electron chi connectivity index (χ0n) is 11.2. The standard InChI is InChI=1S/C13H17IN2O3.HI/c1-16-9-10(6-7-11(16)14)13(19)15-8-4-2-3-5-12(17)18;/h6-7,9H,2-5,8H2,1H3,(H-,15,17,18,19);1H. The molecule has 0 spiro atoms. The number of nitrogens with one attached hydrogen (secondary N) is 1. The fourth-order valence-corrected chi connectivity index (χ4v) is 1.92. The van der Waals surface area contributed by atoms with Crippen LogP contribution in [0.15, 0.2) is 18.3 Å². The van der Waals surface area contributed by atoms with Crippen molar-refractivity contribution in [2.45, 2.75) is 25.7 Å². The lowest BCUT2D eigenvalue weighted by molar-refractivity contribution is -0.684. The van der Waals surface area contributed by atoms with Gasteiger partial charge in [0.1, 0.15) is 12.6 Å². The molecule has 0 aliphatic rings. The van der Waals surface area contributed by atoms with Crippen LogP contribution in [-0.2, 0) is 11.8 Å². The van der Waals surface area contributed by atoms with Gasteiger partial charge in [0.05, 0.1) is 0 Å². The van der Waals surface area contributed by atoms with E-state index < -0.39 is 5.97 Å². The van der Waals surface area contributed by atoms with Crippen LogP contribution in [0.5, 0.6) is 0 Å². The van der Waals surface area contributed by atoms with Gasteiger partial charge in [0, 0.05) is 41.6 Å². The largest absolute Gasteiger partial charge is 1.00 e. The smallest absolute Gasteiger partial charge is 0.303 e. The second kappa shape index (κ2) is 10.3. The van der Waals surface area contributed by atoms with Crippen LogP contribution in [0.1, 0.15) is 36.0 Å². The van der Waals surface area contributed by atoms with Gasteiger partial charge in [0.15, 0.2) is 6.20 Å². The molecular weight excluding hydrogens is 486 g/mol. The first-order chi connectivity index (χ1) is 9.00. The molecule has 112 valence electrons. The molecule has 5 nitrogen and oxygen atoms in total. The molecule has 0 aromatic carbocycles. The van der Waals surface area contributed by atoms with E-state index in [0.717, 1.165) is 16.5 Å². The van der Waals surface area contributed by atoms with Crippen LogP contribution in [0.25, 0.3) is 0 Å². The average molecular weight is 504 g/mol. The molecule has 1 rings (SSSR count). The quantitative estimate of drug-likeness (QED) is 0.206. The van der Waals surface area contributed by atoms with Crippen molar-refractivity contribution in [1.82, 2.24) is 5.32 Å². The van der Waals surface area contributed by atoms with Crippen LogP contribution >= 0.6 is 22.6 Å². The number of rotatable bonds is 7. The first-order valence-electron chi connectivity index (χ1n) is 6.16. The molecule has 0 atom stereocenters. The Morgan fingerprint density at radius 1 is 1.30 bits per heavy atom. The summed E-state index contributed by atoms with van der Waals surface area (Å²) in [5.74, 6) is -0.861. The fourth-order valence-electron chi connectivity index (χ4n) is 1.61. The summed E-state index contributed by atoms with van der Waals surface area (Å²) >= 11 is 2.20. The lowest BCUT2D eigenvalue weighted by atomic mass is 10.2. The van der Waals surface area contributed by atoms with Crippen LogP contribution in [-0.4, -0.2) is 23.5 Å². The lowest BCUT2D eigenvalue weighted by Crippen LogP contribution is -3.00. The van der Waals surface area contributed by atoms with Crippen molar-refractivity contribution < 1.29 is 43.2 Å². The van der Waals surface area contributed by atoms with Gasteiger partial charge in [-0.2, -0.15) is 4.57 Å². The third-order valence-electron chi connectivity index (χ3n) is 2.69. The number of pyridine rings is 1. The van der Waals surface area contributed by atoms with Gasteiger partial charge < -0.3 is 34.4 Å². The van der Waals surface area contributed by atoms with Crippen molar-refractivity contribution in [3.63, 3.8) is 0 Å². The van der Waals surface area contributed by atoms with Crippen LogP contribution in [0.4, 0.5) is 0 Å². The number of unbranched alkanes of at least 4 members (excludes halogenated alkanes) is 2. The predicted octanol–water partition coefficient (Wildman–Crippen LogP) is -1.51. The molecule has 0 aliphatic heterocycles. The van der Waals surface area contributed by atoms with Crippen molar-refractivity contribution in [3.8, 4) is 0 Å². The summed E-state index contributed by atoms with van der Waals surface area (Å²) in [4.78, 5) is 22.1. The highest BCUT2D eigenvalue weighted by molar-refractivity contribution is 14.1. The number of carboxylic acid groups (broad SMARTS) is 1. The minimum absolute atomic E-state index is 0. The molecule has 20 heavy (non-hydrogen) atoms. The Morgan fingerprint density at radius 2 is 2.00 bits per heavy atom. The first kappa shape index (κ1) is 19.6. The highest BCUT2D eigenvalue weighted by Gasteiger charge is 2.10. The second-order valence-electron chi connectivity index (χ2n) is 4.31. The number of aliphatic carboxylic acids is 1. The molecule has 0 saturated carbocycles. The van der Waals surface area contributed by atoms with E-state index in [1.165, 1.54) is 0 Å². The number of aryl methyl sites for hydroxylation is 1. The van der Waals surface area contributed by atoms with Gasteiger partial charge >= 0.3 is 5.97 Å². The van der Waals surface area contributed by atoms with Crippen molar-refractivity contribution in [1.29, 1.82) is 0 Å². The van der Waals surface area contributed by atoms with Gasteiger partial charge in [-0.25, -0.2) is 0 Å². The molecule has 0 saturated heterocycles. The molecule has 1 heterocycles. The van der Waals surface area contributed by atoms with Gasteiger partial charge in [-0.15, -0.1) is 0 Å². The van der Waals surface area contributed by atoms with Gasteiger partial charge in [-0.05, 0) is 18.9 Å². The molecule has 7 heteroatoms. The van der Waals surface area contributed by atoms with Gasteiger partial charge in [0.25, 0.3) is 5.91 Å². The third-order valence-corrected chi connectivity index (χ3v) is 3.81. The van der Waals surface area contributed by atoms with Crippen molar-refractivity contribution in [2.24, 2.45) is 7.05 Å². The zero-order valence-corrected chi connectivity index (χ0v) is 15.5. The number of carbonyl (C=O) groups excluding carboxylic acids is 1. The Labute approximate surface area is 149 Å². The molecule has 0 radical (unpaired) electrons. The minimum atomic E-state index is -0.768. The van der Waals surface area contributed by atoms with Crippen LogP contribution in [0.2, 0.25) is 0 Å². The third kappa shape index (κ3) is 7.36. The second-order valence-corrected chi connectivity index (χ2v) is 5.42. The van der Waals surface area contributed by atoms with Crippen LogP contribution < -0.4 is 33.9 Å². The first-order valence-corrected chi connectivity index (χ1v) is 7.24. The summed E-state index contributed by atoms with van der Waals surface area (Å²) < 4.78 is 2.95. The SMILES string of the molecule is C[n+]1cc(C(=O)NCCCCCC(=O)O)ccc1I.[I-].